The van der Waals surface area contributed by atoms with Gasteiger partial charge in [0.15, 0.2) is 6.17 Å². The van der Waals surface area contributed by atoms with Gasteiger partial charge in [-0.2, -0.15) is 0 Å². The number of aliphatic imine (C=N–C) groups is 2. The molecule has 0 aliphatic heterocycles. The largest absolute Gasteiger partial charge is 0.261 e. The molecule has 0 saturated heterocycles. The second-order valence-electron chi connectivity index (χ2n) is 5.93. The molecule has 3 aromatic rings. The van der Waals surface area contributed by atoms with E-state index in [0.29, 0.717) is 46.8 Å². The van der Waals surface area contributed by atoms with Crippen molar-refractivity contribution in [3.05, 3.63) is 101 Å². The maximum absolute atomic E-state index is 6.37. The number of hydrogen-bond acceptors (Lipinski definition) is 2. The first-order chi connectivity index (χ1) is 13.8. The van der Waals surface area contributed by atoms with Crippen molar-refractivity contribution in [1.82, 2.24) is 0 Å². The highest BCUT2D eigenvalue weighted by Gasteiger charge is 2.13. The highest BCUT2D eigenvalue weighted by atomic mass is 35.5. The molecule has 2 nitrogen and oxygen atoms in total. The van der Waals surface area contributed by atoms with Crippen LogP contribution in [0.5, 0.6) is 0 Å². The number of nitrogens with zero attached hydrogens (tertiary/aromatic N) is 2. The van der Waals surface area contributed by atoms with Gasteiger partial charge in [0, 0.05) is 49.2 Å². The Balaban J connectivity index is 1.99. The SMILES string of the molecule is Clc1ccc(/C=N\C(/N=C/c2ccc(Cl)cc2Cl)c2ccc(Cl)cc2Cl)c(Cl)c1. The van der Waals surface area contributed by atoms with E-state index in [9.17, 15) is 0 Å². The van der Waals surface area contributed by atoms with Gasteiger partial charge in [-0.1, -0.05) is 87.8 Å². The lowest BCUT2D eigenvalue weighted by atomic mass is 10.1. The van der Waals surface area contributed by atoms with Gasteiger partial charge >= 0.3 is 0 Å². The van der Waals surface area contributed by atoms with Gasteiger partial charge in [0.05, 0.1) is 10.0 Å². The molecule has 148 valence electrons. The lowest BCUT2D eigenvalue weighted by Crippen LogP contribution is -1.97. The minimum absolute atomic E-state index is 0.446. The van der Waals surface area contributed by atoms with Crippen LogP contribution in [-0.4, -0.2) is 12.4 Å². The van der Waals surface area contributed by atoms with Crippen LogP contribution in [0, 0.1) is 0 Å². The highest BCUT2D eigenvalue weighted by molar-refractivity contribution is 6.37. The van der Waals surface area contributed by atoms with E-state index in [1.165, 1.54) is 0 Å². The molecule has 8 heteroatoms. The number of rotatable bonds is 5. The van der Waals surface area contributed by atoms with E-state index in [-0.39, 0.29) is 0 Å². The van der Waals surface area contributed by atoms with E-state index in [2.05, 4.69) is 9.98 Å². The van der Waals surface area contributed by atoms with E-state index < -0.39 is 6.17 Å². The van der Waals surface area contributed by atoms with Crippen molar-refractivity contribution >= 4 is 82.0 Å². The lowest BCUT2D eigenvalue weighted by molar-refractivity contribution is 0.787. The zero-order chi connectivity index (χ0) is 21.0. The maximum Gasteiger partial charge on any atom is 0.166 e. The van der Waals surface area contributed by atoms with Crippen LogP contribution in [0.3, 0.4) is 0 Å². The molecule has 0 spiro atoms. The lowest BCUT2D eigenvalue weighted by Gasteiger charge is -2.11. The molecule has 0 aliphatic carbocycles. The van der Waals surface area contributed by atoms with Gasteiger partial charge < -0.3 is 0 Å². The average molecular weight is 505 g/mol. The van der Waals surface area contributed by atoms with Crippen LogP contribution in [0.15, 0.2) is 64.6 Å². The zero-order valence-corrected chi connectivity index (χ0v) is 19.1. The normalized spacial score (nSPS) is 12.8. The Kier molecular flexibility index (Phi) is 7.86. The van der Waals surface area contributed by atoms with Gasteiger partial charge in [-0.05, 0) is 36.4 Å². The van der Waals surface area contributed by atoms with Crippen LogP contribution in [-0.2, 0) is 0 Å². The fourth-order valence-corrected chi connectivity index (χ4v) is 3.84. The molecule has 29 heavy (non-hydrogen) atoms. The smallest absolute Gasteiger partial charge is 0.166 e. The van der Waals surface area contributed by atoms with Crippen molar-refractivity contribution in [1.29, 1.82) is 0 Å². The number of benzene rings is 3. The van der Waals surface area contributed by atoms with E-state index in [1.54, 1.807) is 67.0 Å². The molecular formula is C21H12Cl6N2. The molecule has 0 aromatic heterocycles. The molecule has 3 rings (SSSR count). The molecule has 0 heterocycles. The summed E-state index contributed by atoms with van der Waals surface area (Å²) in [6.07, 6.45) is 2.60. The van der Waals surface area contributed by atoms with Crippen molar-refractivity contribution in [2.24, 2.45) is 9.98 Å². The molecule has 0 bridgehead atoms. The third-order valence-corrected chi connectivity index (χ3v) is 5.56. The first-order valence-electron chi connectivity index (χ1n) is 8.25. The molecule has 0 saturated carbocycles. The minimum Gasteiger partial charge on any atom is -0.261 e. The topological polar surface area (TPSA) is 24.7 Å². The van der Waals surface area contributed by atoms with Crippen LogP contribution in [0.25, 0.3) is 0 Å². The Bertz CT molecular complexity index is 1030. The van der Waals surface area contributed by atoms with E-state index >= 15 is 0 Å². The summed E-state index contributed by atoms with van der Waals surface area (Å²) in [5, 5.41) is 3.01. The van der Waals surface area contributed by atoms with Gasteiger partial charge in [-0.15, -0.1) is 0 Å². The fraction of sp³-hybridized carbons (Fsp3) is 0.0476. The second kappa shape index (κ2) is 10.2. The van der Waals surface area contributed by atoms with Crippen molar-refractivity contribution in [2.45, 2.75) is 6.17 Å². The molecule has 0 fully saturated rings. The summed E-state index contributed by atoms with van der Waals surface area (Å²) in [6.45, 7) is 0. The summed E-state index contributed by atoms with van der Waals surface area (Å²) in [5.74, 6) is 0. The van der Waals surface area contributed by atoms with Crippen molar-refractivity contribution in [2.75, 3.05) is 0 Å². The van der Waals surface area contributed by atoms with Gasteiger partial charge in [0.25, 0.3) is 0 Å². The Morgan fingerprint density at radius 3 is 1.38 bits per heavy atom. The first kappa shape index (κ1) is 22.4. The summed E-state index contributed by atoms with van der Waals surface area (Å²) in [6, 6.07) is 15.4. The standard InChI is InChI=1S/C21H12Cl6N2/c22-14-3-1-12(18(25)7-14)10-28-21(17-6-5-16(24)9-20(17)27)29-11-13-2-4-15(23)8-19(13)26/h1-11,21H/b28-10-,29-11+. The molecule has 0 radical (unpaired) electrons. The fourth-order valence-electron chi connectivity index (χ4n) is 2.42. The van der Waals surface area contributed by atoms with Crippen LogP contribution < -0.4 is 0 Å². The maximum atomic E-state index is 6.37. The Hall–Kier alpha value is -1.26. The molecule has 0 aliphatic rings. The van der Waals surface area contributed by atoms with Crippen molar-refractivity contribution in [3.63, 3.8) is 0 Å². The van der Waals surface area contributed by atoms with Crippen LogP contribution in [0.2, 0.25) is 30.1 Å². The monoisotopic (exact) mass is 502 g/mol. The molecular weight excluding hydrogens is 493 g/mol. The van der Waals surface area contributed by atoms with Gasteiger partial charge in [-0.3, -0.25) is 9.98 Å². The summed E-state index contributed by atoms with van der Waals surface area (Å²) in [4.78, 5) is 9.12. The zero-order valence-electron chi connectivity index (χ0n) is 14.6. The van der Waals surface area contributed by atoms with Crippen molar-refractivity contribution < 1.29 is 0 Å². The van der Waals surface area contributed by atoms with Gasteiger partial charge in [-0.25, -0.2) is 0 Å². The van der Waals surface area contributed by atoms with E-state index in [4.69, 9.17) is 69.6 Å². The number of halogens is 6. The predicted molar refractivity (Wildman–Crippen MR) is 127 cm³/mol. The number of hydrogen-bond donors (Lipinski definition) is 0. The Morgan fingerprint density at radius 1 is 0.552 bits per heavy atom. The predicted octanol–water partition coefficient (Wildman–Crippen LogP) is 8.84. The Morgan fingerprint density at radius 2 is 0.966 bits per heavy atom. The quantitative estimate of drug-likeness (QED) is 0.310. The Labute approximate surface area is 198 Å². The molecule has 1 unspecified atom stereocenters. The summed E-state index contributed by atoms with van der Waals surface area (Å²) >= 11 is 36.8. The van der Waals surface area contributed by atoms with Crippen LogP contribution >= 0.6 is 69.6 Å². The van der Waals surface area contributed by atoms with Crippen LogP contribution in [0.4, 0.5) is 0 Å². The third kappa shape index (κ3) is 6.11. The molecule has 3 aromatic carbocycles. The van der Waals surface area contributed by atoms with Crippen LogP contribution in [0.1, 0.15) is 22.9 Å². The summed E-state index contributed by atoms with van der Waals surface area (Å²) < 4.78 is 0. The molecule has 1 atom stereocenters. The molecule has 0 N–H and O–H groups in total. The first-order valence-corrected chi connectivity index (χ1v) is 10.5. The second-order valence-corrected chi connectivity index (χ2v) is 8.46. The third-order valence-electron chi connectivity index (χ3n) is 3.88. The van der Waals surface area contributed by atoms with Gasteiger partial charge in [0.2, 0.25) is 0 Å². The summed E-state index contributed by atoms with van der Waals surface area (Å²) in [5.41, 5.74) is 2.08. The average Bonchev–Trinajstić information content (AvgIpc) is 2.65. The highest BCUT2D eigenvalue weighted by Crippen LogP contribution is 2.30. The van der Waals surface area contributed by atoms with E-state index in [1.807, 2.05) is 0 Å². The van der Waals surface area contributed by atoms with Crippen molar-refractivity contribution in [3.8, 4) is 0 Å². The minimum atomic E-state index is -0.641. The van der Waals surface area contributed by atoms with E-state index in [0.717, 1.165) is 0 Å². The summed E-state index contributed by atoms with van der Waals surface area (Å²) in [7, 11) is 0. The van der Waals surface area contributed by atoms with Gasteiger partial charge in [0.1, 0.15) is 0 Å². The molecule has 0 amide bonds.